The summed E-state index contributed by atoms with van der Waals surface area (Å²) in [7, 11) is 5.95. The number of benzene rings is 1. The Kier molecular flexibility index (Phi) is 3.34. The second-order valence-electron chi connectivity index (χ2n) is 4.53. The topological polar surface area (TPSA) is 15.7 Å². The molecule has 88 valence electrons. The molecule has 0 fully saturated rings. The summed E-state index contributed by atoms with van der Waals surface area (Å²) in [6.45, 7) is 3.32. The monoisotopic (exact) mass is 220 g/mol. The van der Waals surface area contributed by atoms with Gasteiger partial charge in [-0.05, 0) is 32.1 Å². The van der Waals surface area contributed by atoms with E-state index >= 15 is 0 Å². The Bertz CT molecular complexity index is 363. The number of nitrogens with zero attached hydrogens (tertiary/aromatic N) is 2. The van der Waals surface area contributed by atoms with E-state index in [4.69, 9.17) is 4.74 Å². The van der Waals surface area contributed by atoms with Gasteiger partial charge in [-0.15, -0.1) is 0 Å². The van der Waals surface area contributed by atoms with E-state index in [0.29, 0.717) is 0 Å². The van der Waals surface area contributed by atoms with Gasteiger partial charge in [-0.25, -0.2) is 0 Å². The molecule has 0 unspecified atom stereocenters. The predicted octanol–water partition coefficient (Wildman–Crippen LogP) is 1.62. The summed E-state index contributed by atoms with van der Waals surface area (Å²) < 4.78 is 5.28. The highest BCUT2D eigenvalue weighted by Crippen LogP contribution is 2.31. The van der Waals surface area contributed by atoms with E-state index in [0.717, 1.165) is 31.8 Å². The summed E-state index contributed by atoms with van der Waals surface area (Å²) in [5, 5.41) is 0. The van der Waals surface area contributed by atoms with Crippen LogP contribution in [0.1, 0.15) is 5.56 Å². The smallest absolute Gasteiger partial charge is 0.120 e. The molecule has 3 nitrogen and oxygen atoms in total. The zero-order valence-corrected chi connectivity index (χ0v) is 10.4. The molecule has 1 aromatic carbocycles. The first-order valence-electron chi connectivity index (χ1n) is 5.77. The summed E-state index contributed by atoms with van der Waals surface area (Å²) in [5.41, 5.74) is 2.79. The number of hydrogen-bond acceptors (Lipinski definition) is 3. The lowest BCUT2D eigenvalue weighted by molar-refractivity contribution is 0.412. The highest BCUT2D eigenvalue weighted by atomic mass is 16.5. The average molecular weight is 220 g/mol. The number of fused-ring (bicyclic) bond motifs is 1. The number of likely N-dealkylation sites (N-methyl/N-ethyl adjacent to an activating group) is 1. The third-order valence-corrected chi connectivity index (χ3v) is 3.10. The first-order valence-corrected chi connectivity index (χ1v) is 5.77. The Morgan fingerprint density at radius 3 is 2.88 bits per heavy atom. The van der Waals surface area contributed by atoms with Gasteiger partial charge in [-0.2, -0.15) is 0 Å². The van der Waals surface area contributed by atoms with Gasteiger partial charge in [0.1, 0.15) is 5.75 Å². The molecule has 1 aromatic rings. The normalized spacial score (nSPS) is 14.4. The van der Waals surface area contributed by atoms with Crippen LogP contribution >= 0.6 is 0 Å². The maximum Gasteiger partial charge on any atom is 0.120 e. The van der Waals surface area contributed by atoms with Crippen LogP contribution < -0.4 is 9.64 Å². The quantitative estimate of drug-likeness (QED) is 0.767. The molecule has 16 heavy (non-hydrogen) atoms. The Hall–Kier alpha value is -1.22. The van der Waals surface area contributed by atoms with Crippen LogP contribution in [-0.4, -0.2) is 45.7 Å². The van der Waals surface area contributed by atoms with Crippen LogP contribution in [-0.2, 0) is 6.42 Å². The predicted molar refractivity (Wildman–Crippen MR) is 67.5 cm³/mol. The summed E-state index contributed by atoms with van der Waals surface area (Å²) >= 11 is 0. The standard InChI is InChI=1S/C13H20N2O/c1-14(2)8-9-15-7-6-11-4-5-12(16-3)10-13(11)15/h4-5,10H,6-9H2,1-3H3. The Balaban J connectivity index is 2.11. The van der Waals surface area contributed by atoms with Gasteiger partial charge >= 0.3 is 0 Å². The molecule has 0 amide bonds. The zero-order chi connectivity index (χ0) is 11.5. The minimum Gasteiger partial charge on any atom is -0.497 e. The van der Waals surface area contributed by atoms with Crippen molar-refractivity contribution >= 4 is 5.69 Å². The van der Waals surface area contributed by atoms with E-state index in [-0.39, 0.29) is 0 Å². The van der Waals surface area contributed by atoms with Crippen LogP contribution in [0.25, 0.3) is 0 Å². The fraction of sp³-hybridized carbons (Fsp3) is 0.538. The van der Waals surface area contributed by atoms with Gasteiger partial charge < -0.3 is 14.5 Å². The Morgan fingerprint density at radius 2 is 2.19 bits per heavy atom. The fourth-order valence-corrected chi connectivity index (χ4v) is 2.11. The molecule has 0 atom stereocenters. The second kappa shape index (κ2) is 4.74. The summed E-state index contributed by atoms with van der Waals surface area (Å²) in [6, 6.07) is 6.39. The van der Waals surface area contributed by atoms with Crippen molar-refractivity contribution in [2.45, 2.75) is 6.42 Å². The third kappa shape index (κ3) is 2.30. The van der Waals surface area contributed by atoms with Crippen LogP contribution in [0.5, 0.6) is 5.75 Å². The molecule has 0 saturated heterocycles. The average Bonchev–Trinajstić information content (AvgIpc) is 2.68. The molecular weight excluding hydrogens is 200 g/mol. The number of anilines is 1. The highest BCUT2D eigenvalue weighted by molar-refractivity contribution is 5.60. The van der Waals surface area contributed by atoms with Gasteiger partial charge in [0.25, 0.3) is 0 Å². The minimum absolute atomic E-state index is 0.954. The van der Waals surface area contributed by atoms with Crippen molar-refractivity contribution < 1.29 is 4.74 Å². The number of hydrogen-bond donors (Lipinski definition) is 0. The van der Waals surface area contributed by atoms with Gasteiger partial charge in [-0.1, -0.05) is 6.07 Å². The molecule has 0 aromatic heterocycles. The highest BCUT2D eigenvalue weighted by Gasteiger charge is 2.19. The maximum absolute atomic E-state index is 5.28. The van der Waals surface area contributed by atoms with Gasteiger partial charge in [0.2, 0.25) is 0 Å². The lowest BCUT2D eigenvalue weighted by atomic mass is 10.1. The second-order valence-corrected chi connectivity index (χ2v) is 4.53. The molecule has 0 spiro atoms. The number of ether oxygens (including phenoxy) is 1. The van der Waals surface area contributed by atoms with Gasteiger partial charge in [-0.3, -0.25) is 0 Å². The van der Waals surface area contributed by atoms with Crippen molar-refractivity contribution in [1.29, 1.82) is 0 Å². The van der Waals surface area contributed by atoms with Crippen molar-refractivity contribution in [2.75, 3.05) is 45.7 Å². The molecule has 1 heterocycles. The number of methoxy groups -OCH3 is 1. The SMILES string of the molecule is COc1ccc2c(c1)N(CCN(C)C)CC2. The number of rotatable bonds is 4. The largest absolute Gasteiger partial charge is 0.497 e. The molecule has 0 aliphatic carbocycles. The summed E-state index contributed by atoms with van der Waals surface area (Å²) in [4.78, 5) is 4.66. The van der Waals surface area contributed by atoms with E-state index < -0.39 is 0 Å². The minimum atomic E-state index is 0.954. The Labute approximate surface area is 97.6 Å². The van der Waals surface area contributed by atoms with Gasteiger partial charge in [0.05, 0.1) is 7.11 Å². The van der Waals surface area contributed by atoms with E-state index in [9.17, 15) is 0 Å². The van der Waals surface area contributed by atoms with Crippen LogP contribution in [0.4, 0.5) is 5.69 Å². The van der Waals surface area contributed by atoms with E-state index in [1.165, 1.54) is 11.3 Å². The third-order valence-electron chi connectivity index (χ3n) is 3.10. The molecule has 0 saturated carbocycles. The molecular formula is C13H20N2O. The van der Waals surface area contributed by atoms with Crippen LogP contribution in [0, 0.1) is 0 Å². The van der Waals surface area contributed by atoms with Crippen LogP contribution in [0.3, 0.4) is 0 Å². The first-order chi connectivity index (χ1) is 7.70. The van der Waals surface area contributed by atoms with Crippen molar-refractivity contribution in [3.8, 4) is 5.75 Å². The van der Waals surface area contributed by atoms with Crippen LogP contribution in [0.15, 0.2) is 18.2 Å². The molecule has 0 N–H and O–H groups in total. The maximum atomic E-state index is 5.28. The molecule has 2 rings (SSSR count). The van der Waals surface area contributed by atoms with Crippen molar-refractivity contribution in [2.24, 2.45) is 0 Å². The summed E-state index contributed by atoms with van der Waals surface area (Å²) in [6.07, 6.45) is 1.16. The zero-order valence-electron chi connectivity index (χ0n) is 10.4. The Morgan fingerprint density at radius 1 is 1.38 bits per heavy atom. The first kappa shape index (κ1) is 11.3. The van der Waals surface area contributed by atoms with Crippen molar-refractivity contribution in [3.05, 3.63) is 23.8 Å². The lowest BCUT2D eigenvalue weighted by Crippen LogP contribution is -2.30. The fourth-order valence-electron chi connectivity index (χ4n) is 2.11. The molecule has 1 aliphatic rings. The molecule has 3 heteroatoms. The van der Waals surface area contributed by atoms with Crippen molar-refractivity contribution in [3.63, 3.8) is 0 Å². The van der Waals surface area contributed by atoms with Crippen molar-refractivity contribution in [1.82, 2.24) is 4.90 Å². The van der Waals surface area contributed by atoms with E-state index in [1.807, 2.05) is 6.07 Å². The summed E-state index contributed by atoms with van der Waals surface area (Å²) in [5.74, 6) is 0.954. The van der Waals surface area contributed by atoms with Crippen LogP contribution in [0.2, 0.25) is 0 Å². The van der Waals surface area contributed by atoms with Gasteiger partial charge in [0, 0.05) is 31.4 Å². The van der Waals surface area contributed by atoms with E-state index in [1.54, 1.807) is 7.11 Å². The van der Waals surface area contributed by atoms with Gasteiger partial charge in [0.15, 0.2) is 0 Å². The van der Waals surface area contributed by atoms with E-state index in [2.05, 4.69) is 36.0 Å². The molecule has 1 aliphatic heterocycles. The lowest BCUT2D eigenvalue weighted by Gasteiger charge is -2.21. The molecule has 0 bridgehead atoms. The molecule has 0 radical (unpaired) electrons.